The lowest BCUT2D eigenvalue weighted by Gasteiger charge is -2.16. The van der Waals surface area contributed by atoms with Gasteiger partial charge in [0.25, 0.3) is 0 Å². The fourth-order valence-corrected chi connectivity index (χ4v) is 4.71. The molecule has 1 aliphatic rings. The Morgan fingerprint density at radius 1 is 1.10 bits per heavy atom. The smallest absolute Gasteiger partial charge is 0.248 e. The van der Waals surface area contributed by atoms with E-state index in [2.05, 4.69) is 10.6 Å². The molecule has 1 saturated heterocycles. The van der Waals surface area contributed by atoms with E-state index >= 15 is 0 Å². The molecule has 29 heavy (non-hydrogen) atoms. The zero-order valence-electron chi connectivity index (χ0n) is 15.7. The topological polar surface area (TPSA) is 95.6 Å². The van der Waals surface area contributed by atoms with Crippen LogP contribution in [-0.2, 0) is 19.6 Å². The SMILES string of the molecule is CC(=O)Nc1ccc(NC(=O)/C=C/c2ccc(N3CCCS3(=O)=O)cc2)cc1Cl. The van der Waals surface area contributed by atoms with E-state index in [1.54, 1.807) is 48.5 Å². The second-order valence-corrected chi connectivity index (χ2v) is 8.95. The summed E-state index contributed by atoms with van der Waals surface area (Å²) in [5.41, 5.74) is 2.35. The van der Waals surface area contributed by atoms with E-state index in [9.17, 15) is 18.0 Å². The van der Waals surface area contributed by atoms with Crippen LogP contribution in [0.3, 0.4) is 0 Å². The molecule has 1 fully saturated rings. The van der Waals surface area contributed by atoms with E-state index in [1.807, 2.05) is 0 Å². The van der Waals surface area contributed by atoms with Crippen molar-refractivity contribution in [3.05, 3.63) is 59.1 Å². The molecule has 0 bridgehead atoms. The van der Waals surface area contributed by atoms with Gasteiger partial charge in [0.15, 0.2) is 0 Å². The zero-order chi connectivity index (χ0) is 21.0. The summed E-state index contributed by atoms with van der Waals surface area (Å²) in [5.74, 6) is -0.413. The summed E-state index contributed by atoms with van der Waals surface area (Å²) in [4.78, 5) is 23.2. The summed E-state index contributed by atoms with van der Waals surface area (Å²) < 4.78 is 25.3. The summed E-state index contributed by atoms with van der Waals surface area (Å²) in [7, 11) is -3.21. The number of sulfonamides is 1. The van der Waals surface area contributed by atoms with Gasteiger partial charge in [-0.25, -0.2) is 8.42 Å². The van der Waals surface area contributed by atoms with Gasteiger partial charge in [0.05, 0.1) is 22.2 Å². The molecular weight excluding hydrogens is 414 g/mol. The van der Waals surface area contributed by atoms with Crippen LogP contribution >= 0.6 is 11.6 Å². The van der Waals surface area contributed by atoms with Crippen molar-refractivity contribution in [2.24, 2.45) is 0 Å². The van der Waals surface area contributed by atoms with Gasteiger partial charge in [0.1, 0.15) is 0 Å². The van der Waals surface area contributed by atoms with E-state index in [0.717, 1.165) is 5.56 Å². The third kappa shape index (κ3) is 5.36. The molecule has 2 N–H and O–H groups in total. The molecule has 0 aromatic heterocycles. The number of carbonyl (C=O) groups excluding carboxylic acids is 2. The largest absolute Gasteiger partial charge is 0.325 e. The van der Waals surface area contributed by atoms with Crippen molar-refractivity contribution < 1.29 is 18.0 Å². The van der Waals surface area contributed by atoms with Crippen LogP contribution < -0.4 is 14.9 Å². The van der Waals surface area contributed by atoms with Crippen LogP contribution in [0.2, 0.25) is 5.02 Å². The quantitative estimate of drug-likeness (QED) is 0.705. The second-order valence-electron chi connectivity index (χ2n) is 6.53. The summed E-state index contributed by atoms with van der Waals surface area (Å²) >= 11 is 6.09. The predicted molar refractivity (Wildman–Crippen MR) is 116 cm³/mol. The van der Waals surface area contributed by atoms with Gasteiger partial charge in [0.2, 0.25) is 21.8 Å². The molecule has 7 nitrogen and oxygen atoms in total. The van der Waals surface area contributed by atoms with E-state index in [-0.39, 0.29) is 17.6 Å². The molecule has 1 aliphatic heterocycles. The number of rotatable bonds is 5. The molecule has 3 rings (SSSR count). The van der Waals surface area contributed by atoms with Crippen molar-refractivity contribution in [3.63, 3.8) is 0 Å². The third-order valence-corrected chi connectivity index (χ3v) is 6.44. The molecule has 0 spiro atoms. The maximum atomic E-state index is 12.1. The molecule has 2 aromatic carbocycles. The van der Waals surface area contributed by atoms with Crippen molar-refractivity contribution in [1.82, 2.24) is 0 Å². The fraction of sp³-hybridized carbons (Fsp3) is 0.200. The van der Waals surface area contributed by atoms with Crippen LogP contribution in [0.4, 0.5) is 17.1 Å². The third-order valence-electron chi connectivity index (χ3n) is 4.25. The van der Waals surface area contributed by atoms with Crippen molar-refractivity contribution in [2.45, 2.75) is 13.3 Å². The van der Waals surface area contributed by atoms with Gasteiger partial charge < -0.3 is 10.6 Å². The Bertz CT molecular complexity index is 1070. The Labute approximate surface area is 174 Å². The minimum Gasteiger partial charge on any atom is -0.325 e. The lowest BCUT2D eigenvalue weighted by Crippen LogP contribution is -2.24. The van der Waals surface area contributed by atoms with E-state index < -0.39 is 10.0 Å². The number of halogens is 1. The Hall–Kier alpha value is -2.84. The Morgan fingerprint density at radius 3 is 2.41 bits per heavy atom. The molecule has 2 amide bonds. The maximum Gasteiger partial charge on any atom is 0.248 e. The number of carbonyl (C=O) groups is 2. The number of hydrogen-bond donors (Lipinski definition) is 2. The van der Waals surface area contributed by atoms with Crippen LogP contribution in [0.1, 0.15) is 18.9 Å². The summed E-state index contributed by atoms with van der Waals surface area (Å²) in [6.07, 6.45) is 3.63. The van der Waals surface area contributed by atoms with Crippen LogP contribution in [0.15, 0.2) is 48.5 Å². The number of anilines is 3. The average molecular weight is 434 g/mol. The highest BCUT2D eigenvalue weighted by atomic mass is 35.5. The van der Waals surface area contributed by atoms with Crippen LogP contribution in [-0.4, -0.2) is 32.5 Å². The standard InChI is InChI=1S/C20H20ClN3O4S/c1-14(25)22-19-9-6-16(13-18(19)21)23-20(26)10-5-15-3-7-17(8-4-15)24-11-2-12-29(24,27)28/h3-10,13H,2,11-12H2,1H3,(H,22,25)(H,23,26)/b10-5+. The Kier molecular flexibility index (Phi) is 6.24. The summed E-state index contributed by atoms with van der Waals surface area (Å²) in [6.45, 7) is 1.87. The first kappa shape index (κ1) is 20.9. The molecule has 0 aliphatic carbocycles. The van der Waals surface area contributed by atoms with Gasteiger partial charge >= 0.3 is 0 Å². The highest BCUT2D eigenvalue weighted by Crippen LogP contribution is 2.26. The van der Waals surface area contributed by atoms with Crippen LogP contribution in [0, 0.1) is 0 Å². The lowest BCUT2D eigenvalue weighted by atomic mass is 10.2. The molecule has 2 aromatic rings. The van der Waals surface area contributed by atoms with Gasteiger partial charge in [-0.1, -0.05) is 23.7 Å². The minimum atomic E-state index is -3.21. The Morgan fingerprint density at radius 2 is 1.83 bits per heavy atom. The van der Waals surface area contributed by atoms with Crippen LogP contribution in [0.5, 0.6) is 0 Å². The molecular formula is C20H20ClN3O4S. The molecule has 0 unspecified atom stereocenters. The van der Waals surface area contributed by atoms with Gasteiger partial charge in [0, 0.05) is 25.2 Å². The predicted octanol–water partition coefficient (Wildman–Crippen LogP) is 3.49. The summed E-state index contributed by atoms with van der Waals surface area (Å²) in [6, 6.07) is 11.7. The molecule has 1 heterocycles. The van der Waals surface area contributed by atoms with E-state index in [1.165, 1.54) is 17.3 Å². The van der Waals surface area contributed by atoms with Crippen molar-refractivity contribution >= 4 is 56.6 Å². The lowest BCUT2D eigenvalue weighted by molar-refractivity contribution is -0.114. The first-order valence-electron chi connectivity index (χ1n) is 8.91. The molecule has 0 saturated carbocycles. The summed E-state index contributed by atoms with van der Waals surface area (Å²) in [5, 5.41) is 5.60. The minimum absolute atomic E-state index is 0.171. The Balaban J connectivity index is 1.62. The molecule has 152 valence electrons. The van der Waals surface area contributed by atoms with Gasteiger partial charge in [-0.3, -0.25) is 13.9 Å². The zero-order valence-corrected chi connectivity index (χ0v) is 17.3. The normalized spacial score (nSPS) is 15.4. The van der Waals surface area contributed by atoms with Crippen molar-refractivity contribution in [1.29, 1.82) is 0 Å². The van der Waals surface area contributed by atoms with Gasteiger partial charge in [-0.15, -0.1) is 0 Å². The molecule has 9 heteroatoms. The first-order valence-corrected chi connectivity index (χ1v) is 10.9. The van der Waals surface area contributed by atoms with E-state index in [0.29, 0.717) is 35.1 Å². The maximum absolute atomic E-state index is 12.1. The highest BCUT2D eigenvalue weighted by Gasteiger charge is 2.28. The number of nitrogens with zero attached hydrogens (tertiary/aromatic N) is 1. The monoisotopic (exact) mass is 433 g/mol. The average Bonchev–Trinajstić information content (AvgIpc) is 3.01. The van der Waals surface area contributed by atoms with E-state index in [4.69, 9.17) is 11.6 Å². The molecule has 0 atom stereocenters. The number of benzene rings is 2. The fourth-order valence-electron chi connectivity index (χ4n) is 2.92. The second kappa shape index (κ2) is 8.67. The number of nitrogens with one attached hydrogen (secondary N) is 2. The number of hydrogen-bond acceptors (Lipinski definition) is 4. The van der Waals surface area contributed by atoms with Crippen molar-refractivity contribution in [3.8, 4) is 0 Å². The van der Waals surface area contributed by atoms with Crippen LogP contribution in [0.25, 0.3) is 6.08 Å². The van der Waals surface area contributed by atoms with Gasteiger partial charge in [-0.2, -0.15) is 0 Å². The first-order chi connectivity index (χ1) is 13.7. The highest BCUT2D eigenvalue weighted by molar-refractivity contribution is 7.93. The molecule has 0 radical (unpaired) electrons. The van der Waals surface area contributed by atoms with Crippen molar-refractivity contribution in [2.75, 3.05) is 27.2 Å². The number of amides is 2. The van der Waals surface area contributed by atoms with Gasteiger partial charge in [-0.05, 0) is 48.4 Å².